The summed E-state index contributed by atoms with van der Waals surface area (Å²) in [5.41, 5.74) is 0.0298. The Morgan fingerprint density at radius 3 is 2.90 bits per heavy atom. The molecule has 1 fully saturated rings. The number of likely N-dealkylation sites (tertiary alicyclic amines) is 1. The molecule has 0 radical (unpaired) electrons. The van der Waals surface area contributed by atoms with Crippen LogP contribution >= 0.6 is 0 Å². The number of alkyl halides is 3. The molecule has 0 bridgehead atoms. The first-order valence-corrected chi connectivity index (χ1v) is 9.48. The van der Waals surface area contributed by atoms with E-state index < -0.39 is 11.7 Å². The van der Waals surface area contributed by atoms with Gasteiger partial charge in [0, 0.05) is 38.4 Å². The number of amides is 1. The molecule has 1 unspecified atom stereocenters. The molecular formula is C20H20F3N5O2. The van der Waals surface area contributed by atoms with Crippen molar-refractivity contribution in [1.82, 2.24) is 20.1 Å². The Labute approximate surface area is 170 Å². The van der Waals surface area contributed by atoms with E-state index in [0.29, 0.717) is 30.8 Å². The third-order valence-electron chi connectivity index (χ3n) is 5.24. The highest BCUT2D eigenvalue weighted by Gasteiger charge is 2.37. The number of rotatable bonds is 4. The van der Waals surface area contributed by atoms with Crippen LogP contribution in [0.15, 0.2) is 47.2 Å². The van der Waals surface area contributed by atoms with Gasteiger partial charge in [-0.1, -0.05) is 0 Å². The number of furan rings is 1. The predicted molar refractivity (Wildman–Crippen MR) is 103 cm³/mol. The molecule has 158 valence electrons. The van der Waals surface area contributed by atoms with Gasteiger partial charge in [-0.3, -0.25) is 9.89 Å². The second-order valence-corrected chi connectivity index (χ2v) is 7.17. The maximum absolute atomic E-state index is 13.4. The molecule has 0 aliphatic carbocycles. The zero-order chi connectivity index (χ0) is 21.3. The predicted octanol–water partition coefficient (Wildman–Crippen LogP) is 3.82. The number of halogens is 3. The van der Waals surface area contributed by atoms with Crippen molar-refractivity contribution < 1.29 is 22.4 Å². The minimum absolute atomic E-state index is 0.135. The van der Waals surface area contributed by atoms with E-state index in [2.05, 4.69) is 15.2 Å². The van der Waals surface area contributed by atoms with Crippen LogP contribution in [0.25, 0.3) is 11.5 Å². The molecule has 1 atom stereocenters. The lowest BCUT2D eigenvalue weighted by Gasteiger charge is -2.38. The van der Waals surface area contributed by atoms with E-state index in [0.717, 1.165) is 6.07 Å². The van der Waals surface area contributed by atoms with Gasteiger partial charge in [0.25, 0.3) is 5.91 Å². The number of pyridine rings is 1. The van der Waals surface area contributed by atoms with Gasteiger partial charge in [0.05, 0.1) is 11.8 Å². The molecule has 1 saturated heterocycles. The molecule has 4 heterocycles. The lowest BCUT2D eigenvalue weighted by atomic mass is 10.0. The normalized spacial score (nSPS) is 17.2. The number of H-pyrrole nitrogens is 1. The molecule has 30 heavy (non-hydrogen) atoms. The number of anilines is 1. The van der Waals surface area contributed by atoms with Gasteiger partial charge in [0.1, 0.15) is 11.5 Å². The third kappa shape index (κ3) is 3.89. The average Bonchev–Trinajstić information content (AvgIpc) is 3.44. The van der Waals surface area contributed by atoms with E-state index in [4.69, 9.17) is 4.42 Å². The fourth-order valence-corrected chi connectivity index (χ4v) is 3.68. The van der Waals surface area contributed by atoms with Crippen molar-refractivity contribution in [2.75, 3.05) is 25.0 Å². The van der Waals surface area contributed by atoms with E-state index in [1.165, 1.54) is 23.4 Å². The monoisotopic (exact) mass is 419 g/mol. The van der Waals surface area contributed by atoms with Gasteiger partial charge in [-0.05, 0) is 37.1 Å². The van der Waals surface area contributed by atoms with E-state index in [1.54, 1.807) is 30.1 Å². The second-order valence-electron chi connectivity index (χ2n) is 7.17. The SMILES string of the molecule is CN(c1ncccc1C(F)(F)F)C1CCCN(C(=O)c2cc(-c3ccco3)[nH]n2)C1. The molecule has 4 rings (SSSR count). The smallest absolute Gasteiger partial charge is 0.419 e. The van der Waals surface area contributed by atoms with Crippen LogP contribution in [0, 0.1) is 0 Å². The molecule has 0 saturated carbocycles. The third-order valence-corrected chi connectivity index (χ3v) is 5.24. The molecule has 10 heteroatoms. The van der Waals surface area contributed by atoms with E-state index >= 15 is 0 Å². The number of carbonyl (C=O) groups excluding carboxylic acids is 1. The number of likely N-dealkylation sites (N-methyl/N-ethyl adjacent to an activating group) is 1. The Morgan fingerprint density at radius 2 is 2.17 bits per heavy atom. The summed E-state index contributed by atoms with van der Waals surface area (Å²) in [5.74, 6) is 0.149. The van der Waals surface area contributed by atoms with Crippen LogP contribution < -0.4 is 4.90 Å². The number of nitrogens with one attached hydrogen (secondary N) is 1. The minimum atomic E-state index is -4.50. The Morgan fingerprint density at radius 1 is 1.33 bits per heavy atom. The summed E-state index contributed by atoms with van der Waals surface area (Å²) in [6.07, 6.45) is -0.307. The Bertz CT molecular complexity index is 1020. The first-order valence-electron chi connectivity index (χ1n) is 9.48. The highest BCUT2D eigenvalue weighted by Crippen LogP contribution is 2.36. The molecule has 3 aromatic rings. The lowest BCUT2D eigenvalue weighted by molar-refractivity contribution is -0.137. The largest absolute Gasteiger partial charge is 0.463 e. The van der Waals surface area contributed by atoms with Crippen LogP contribution in [-0.4, -0.2) is 52.2 Å². The maximum atomic E-state index is 13.4. The van der Waals surface area contributed by atoms with E-state index in [9.17, 15) is 18.0 Å². The zero-order valence-corrected chi connectivity index (χ0v) is 16.2. The van der Waals surface area contributed by atoms with Gasteiger partial charge in [-0.2, -0.15) is 18.3 Å². The summed E-state index contributed by atoms with van der Waals surface area (Å²) in [7, 11) is 1.58. The fraction of sp³-hybridized carbons (Fsp3) is 0.350. The van der Waals surface area contributed by atoms with Gasteiger partial charge in [0.15, 0.2) is 11.5 Å². The van der Waals surface area contributed by atoms with Crippen molar-refractivity contribution in [2.24, 2.45) is 0 Å². The Kier molecular flexibility index (Phi) is 5.23. The van der Waals surface area contributed by atoms with Gasteiger partial charge >= 0.3 is 6.18 Å². The number of aromatic nitrogens is 3. The molecule has 3 aromatic heterocycles. The van der Waals surface area contributed by atoms with Crippen LogP contribution in [0.5, 0.6) is 0 Å². The standard InChI is InChI=1S/C20H20F3N5O2/c1-27(18-14(20(21,22)23)6-2-8-24-18)13-5-3-9-28(12-13)19(29)16-11-15(25-26-16)17-7-4-10-30-17/h2,4,6-8,10-11,13H,3,5,9,12H2,1H3,(H,25,26). The lowest BCUT2D eigenvalue weighted by Crippen LogP contribution is -2.49. The summed E-state index contributed by atoms with van der Waals surface area (Å²) in [5, 5.41) is 6.85. The Hall–Kier alpha value is -3.30. The molecular weight excluding hydrogens is 399 g/mol. The van der Waals surface area contributed by atoms with Crippen molar-refractivity contribution in [3.05, 3.63) is 54.0 Å². The van der Waals surface area contributed by atoms with Gasteiger partial charge in [-0.25, -0.2) is 4.98 Å². The molecule has 1 aliphatic rings. The molecule has 0 aromatic carbocycles. The summed E-state index contributed by atoms with van der Waals surface area (Å²) < 4.78 is 45.4. The topological polar surface area (TPSA) is 78.3 Å². The molecule has 1 aliphatic heterocycles. The fourth-order valence-electron chi connectivity index (χ4n) is 3.68. The van der Waals surface area contributed by atoms with Gasteiger partial charge < -0.3 is 14.2 Å². The van der Waals surface area contributed by atoms with Gasteiger partial charge in [-0.15, -0.1) is 0 Å². The molecule has 1 amide bonds. The van der Waals surface area contributed by atoms with Crippen molar-refractivity contribution in [3.63, 3.8) is 0 Å². The number of carbonyl (C=O) groups is 1. The summed E-state index contributed by atoms with van der Waals surface area (Å²) in [6.45, 7) is 0.798. The first-order chi connectivity index (χ1) is 14.3. The number of hydrogen-bond acceptors (Lipinski definition) is 5. The molecule has 0 spiro atoms. The number of nitrogens with zero attached hydrogens (tertiary/aromatic N) is 4. The van der Waals surface area contributed by atoms with Crippen molar-refractivity contribution >= 4 is 11.7 Å². The molecule has 7 nitrogen and oxygen atoms in total. The summed E-state index contributed by atoms with van der Waals surface area (Å²) in [6, 6.07) is 7.08. The highest BCUT2D eigenvalue weighted by atomic mass is 19.4. The van der Waals surface area contributed by atoms with E-state index in [1.807, 2.05) is 0 Å². The molecule has 1 N–H and O–H groups in total. The van der Waals surface area contributed by atoms with Crippen molar-refractivity contribution in [2.45, 2.75) is 25.1 Å². The highest BCUT2D eigenvalue weighted by molar-refractivity contribution is 5.93. The van der Waals surface area contributed by atoms with Gasteiger partial charge in [0.2, 0.25) is 0 Å². The summed E-state index contributed by atoms with van der Waals surface area (Å²) in [4.78, 5) is 20.0. The van der Waals surface area contributed by atoms with Crippen LogP contribution in [0.1, 0.15) is 28.9 Å². The quantitative estimate of drug-likeness (QED) is 0.696. The number of hydrogen-bond donors (Lipinski definition) is 1. The van der Waals surface area contributed by atoms with Crippen LogP contribution in [-0.2, 0) is 6.18 Å². The van der Waals surface area contributed by atoms with Crippen molar-refractivity contribution in [3.8, 4) is 11.5 Å². The van der Waals surface area contributed by atoms with Crippen LogP contribution in [0.2, 0.25) is 0 Å². The average molecular weight is 419 g/mol. The zero-order valence-electron chi connectivity index (χ0n) is 16.2. The number of aromatic amines is 1. The van der Waals surface area contributed by atoms with Crippen molar-refractivity contribution in [1.29, 1.82) is 0 Å². The number of piperidine rings is 1. The van der Waals surface area contributed by atoms with E-state index in [-0.39, 0.29) is 30.0 Å². The Balaban J connectivity index is 1.50. The minimum Gasteiger partial charge on any atom is -0.463 e. The summed E-state index contributed by atoms with van der Waals surface area (Å²) >= 11 is 0. The van der Waals surface area contributed by atoms with Crippen LogP contribution in [0.3, 0.4) is 0 Å². The first kappa shape index (κ1) is 20.0. The maximum Gasteiger partial charge on any atom is 0.419 e. The van der Waals surface area contributed by atoms with Crippen LogP contribution in [0.4, 0.5) is 19.0 Å². The second kappa shape index (κ2) is 7.85.